The summed E-state index contributed by atoms with van der Waals surface area (Å²) in [7, 11) is 1.72. The van der Waals surface area contributed by atoms with E-state index >= 15 is 0 Å². The third-order valence-electron chi connectivity index (χ3n) is 3.06. The van der Waals surface area contributed by atoms with Crippen molar-refractivity contribution in [2.75, 3.05) is 7.11 Å². The van der Waals surface area contributed by atoms with Gasteiger partial charge in [-0.1, -0.05) is 34.6 Å². The monoisotopic (exact) mass is 263 g/mol. The molecule has 0 spiro atoms. The molecule has 0 radical (unpaired) electrons. The van der Waals surface area contributed by atoms with Crippen molar-refractivity contribution in [3.63, 3.8) is 0 Å². The van der Waals surface area contributed by atoms with E-state index < -0.39 is 0 Å². The first-order valence-electron chi connectivity index (χ1n) is 6.32. The minimum atomic E-state index is 0.128. The van der Waals surface area contributed by atoms with Crippen LogP contribution in [0.3, 0.4) is 0 Å². The molecular weight excluding hydrogens is 242 g/mol. The fourth-order valence-corrected chi connectivity index (χ4v) is 2.88. The van der Waals surface area contributed by atoms with Gasteiger partial charge in [-0.3, -0.25) is 0 Å². The second kappa shape index (κ2) is 4.54. The highest BCUT2D eigenvalue weighted by Gasteiger charge is 2.19. The molecule has 0 saturated heterocycles. The second-order valence-electron chi connectivity index (χ2n) is 5.98. The molecule has 0 aliphatic carbocycles. The fourth-order valence-electron chi connectivity index (χ4n) is 1.85. The molecule has 2 aromatic rings. The molecule has 0 N–H and O–H groups in total. The van der Waals surface area contributed by atoms with Crippen LogP contribution in [0.5, 0.6) is 5.75 Å². The molecule has 0 unspecified atom stereocenters. The summed E-state index contributed by atoms with van der Waals surface area (Å²) in [6.07, 6.45) is 0. The Labute approximate surface area is 113 Å². The summed E-state index contributed by atoms with van der Waals surface area (Å²) >= 11 is 1.77. The second-order valence-corrected chi connectivity index (χ2v) is 7.04. The van der Waals surface area contributed by atoms with Gasteiger partial charge in [-0.25, -0.2) is 4.98 Å². The van der Waals surface area contributed by atoms with Crippen molar-refractivity contribution < 1.29 is 4.74 Å². The molecule has 3 heteroatoms. The molecule has 0 saturated carbocycles. The van der Waals surface area contributed by atoms with Crippen LogP contribution in [0.25, 0.3) is 10.2 Å². The number of nitrogens with zero attached hydrogens (tertiary/aromatic N) is 1. The highest BCUT2D eigenvalue weighted by Crippen LogP contribution is 2.37. The third kappa shape index (κ3) is 2.37. The van der Waals surface area contributed by atoms with Crippen molar-refractivity contribution >= 4 is 21.6 Å². The van der Waals surface area contributed by atoms with Gasteiger partial charge in [0.1, 0.15) is 11.3 Å². The quantitative estimate of drug-likeness (QED) is 0.781. The average molecular weight is 263 g/mol. The summed E-state index contributed by atoms with van der Waals surface area (Å²) in [6.45, 7) is 11.0. The molecule has 0 fully saturated rings. The van der Waals surface area contributed by atoms with Crippen LogP contribution < -0.4 is 4.74 Å². The van der Waals surface area contributed by atoms with Crippen LogP contribution in [0.4, 0.5) is 0 Å². The molecular formula is C15H21NOS. The minimum Gasteiger partial charge on any atom is -0.494 e. The minimum absolute atomic E-state index is 0.128. The first kappa shape index (κ1) is 13.3. The van der Waals surface area contributed by atoms with Gasteiger partial charge in [0.2, 0.25) is 0 Å². The Bertz CT molecular complexity index is 564. The van der Waals surface area contributed by atoms with Crippen molar-refractivity contribution in [3.8, 4) is 5.75 Å². The maximum absolute atomic E-state index is 5.50. The predicted molar refractivity (Wildman–Crippen MR) is 79.0 cm³/mol. The molecule has 0 aliphatic heterocycles. The molecule has 1 aromatic heterocycles. The zero-order valence-corrected chi connectivity index (χ0v) is 12.8. The number of rotatable bonds is 2. The Morgan fingerprint density at radius 3 is 2.39 bits per heavy atom. The summed E-state index contributed by atoms with van der Waals surface area (Å²) in [5, 5.41) is 1.18. The highest BCUT2D eigenvalue weighted by molar-refractivity contribution is 7.18. The fraction of sp³-hybridized carbons (Fsp3) is 0.533. The van der Waals surface area contributed by atoms with Crippen LogP contribution in [-0.4, -0.2) is 12.1 Å². The van der Waals surface area contributed by atoms with Gasteiger partial charge < -0.3 is 4.74 Å². The van der Waals surface area contributed by atoms with Gasteiger partial charge in [-0.15, -0.1) is 11.3 Å². The molecule has 1 aromatic carbocycles. The smallest absolute Gasteiger partial charge is 0.146 e. The van der Waals surface area contributed by atoms with Crippen LogP contribution in [0.15, 0.2) is 12.1 Å². The zero-order chi connectivity index (χ0) is 13.5. The molecule has 0 aliphatic rings. The Kier molecular flexibility index (Phi) is 3.37. The van der Waals surface area contributed by atoms with Gasteiger partial charge in [-0.2, -0.15) is 0 Å². The van der Waals surface area contributed by atoms with Crippen LogP contribution >= 0.6 is 11.3 Å². The number of thiazole rings is 1. The van der Waals surface area contributed by atoms with Gasteiger partial charge in [0, 0.05) is 5.92 Å². The number of hydrogen-bond acceptors (Lipinski definition) is 3. The van der Waals surface area contributed by atoms with E-state index in [0.717, 1.165) is 11.3 Å². The van der Waals surface area contributed by atoms with Crippen LogP contribution in [0.2, 0.25) is 0 Å². The third-order valence-corrected chi connectivity index (χ3v) is 4.36. The molecule has 1 heterocycles. The number of methoxy groups -OCH3 is 1. The molecule has 2 nitrogen and oxygen atoms in total. The molecule has 98 valence electrons. The van der Waals surface area contributed by atoms with Crippen LogP contribution in [0.1, 0.15) is 51.1 Å². The van der Waals surface area contributed by atoms with E-state index in [2.05, 4.69) is 46.8 Å². The van der Waals surface area contributed by atoms with E-state index in [4.69, 9.17) is 9.72 Å². The van der Waals surface area contributed by atoms with E-state index in [0.29, 0.717) is 5.92 Å². The number of fused-ring (bicyclic) bond motifs is 1. The predicted octanol–water partition coefficient (Wildman–Crippen LogP) is 4.73. The SMILES string of the molecule is COc1cc(C(C)(C)C)cc2sc(C(C)C)nc12. The maximum Gasteiger partial charge on any atom is 0.146 e. The zero-order valence-electron chi connectivity index (χ0n) is 12.0. The van der Waals surface area contributed by atoms with Crippen molar-refractivity contribution in [1.29, 1.82) is 0 Å². The van der Waals surface area contributed by atoms with E-state index in [1.807, 2.05) is 0 Å². The topological polar surface area (TPSA) is 22.1 Å². The average Bonchev–Trinajstić information content (AvgIpc) is 2.70. The first-order chi connectivity index (χ1) is 8.32. The molecule has 0 bridgehead atoms. The Balaban J connectivity index is 2.68. The Morgan fingerprint density at radius 2 is 1.89 bits per heavy atom. The van der Waals surface area contributed by atoms with Crippen molar-refractivity contribution in [1.82, 2.24) is 4.98 Å². The number of aromatic nitrogens is 1. The number of hydrogen-bond donors (Lipinski definition) is 0. The summed E-state index contributed by atoms with van der Waals surface area (Å²) in [4.78, 5) is 4.70. The van der Waals surface area contributed by atoms with E-state index in [1.54, 1.807) is 18.4 Å². The molecule has 2 rings (SSSR count). The molecule has 18 heavy (non-hydrogen) atoms. The van der Waals surface area contributed by atoms with Crippen LogP contribution in [0, 0.1) is 0 Å². The van der Waals surface area contributed by atoms with E-state index in [-0.39, 0.29) is 5.41 Å². The van der Waals surface area contributed by atoms with E-state index in [9.17, 15) is 0 Å². The summed E-state index contributed by atoms with van der Waals surface area (Å²) < 4.78 is 6.73. The Hall–Kier alpha value is -1.09. The molecule has 0 amide bonds. The van der Waals surface area contributed by atoms with Crippen molar-refractivity contribution in [2.24, 2.45) is 0 Å². The highest BCUT2D eigenvalue weighted by atomic mass is 32.1. The summed E-state index contributed by atoms with van der Waals surface area (Å²) in [6, 6.07) is 4.37. The first-order valence-corrected chi connectivity index (χ1v) is 7.13. The van der Waals surface area contributed by atoms with E-state index in [1.165, 1.54) is 15.3 Å². The lowest BCUT2D eigenvalue weighted by molar-refractivity contribution is 0.417. The van der Waals surface area contributed by atoms with Gasteiger partial charge in [0.15, 0.2) is 0 Å². The lowest BCUT2D eigenvalue weighted by Crippen LogP contribution is -2.10. The van der Waals surface area contributed by atoms with Gasteiger partial charge in [0.25, 0.3) is 0 Å². The van der Waals surface area contributed by atoms with Crippen molar-refractivity contribution in [2.45, 2.75) is 46.0 Å². The maximum atomic E-state index is 5.50. The van der Waals surface area contributed by atoms with Crippen molar-refractivity contribution in [3.05, 3.63) is 22.7 Å². The molecule has 0 atom stereocenters. The summed E-state index contributed by atoms with van der Waals surface area (Å²) in [5.74, 6) is 1.35. The number of benzene rings is 1. The normalized spacial score (nSPS) is 12.4. The largest absolute Gasteiger partial charge is 0.494 e. The number of ether oxygens (including phenoxy) is 1. The lowest BCUT2D eigenvalue weighted by atomic mass is 9.87. The lowest BCUT2D eigenvalue weighted by Gasteiger charge is -2.19. The van der Waals surface area contributed by atoms with Gasteiger partial charge in [-0.05, 0) is 23.1 Å². The van der Waals surface area contributed by atoms with Gasteiger partial charge in [0.05, 0.1) is 16.8 Å². The van der Waals surface area contributed by atoms with Crippen LogP contribution in [-0.2, 0) is 5.41 Å². The van der Waals surface area contributed by atoms with Gasteiger partial charge >= 0.3 is 0 Å². The Morgan fingerprint density at radius 1 is 1.22 bits per heavy atom. The summed E-state index contributed by atoms with van der Waals surface area (Å²) in [5.41, 5.74) is 2.42. The standard InChI is InChI=1S/C15H21NOS/c1-9(2)14-16-13-11(17-6)7-10(15(3,4)5)8-12(13)18-14/h7-9H,1-6H3.